The van der Waals surface area contributed by atoms with Gasteiger partial charge in [0.1, 0.15) is 5.75 Å². The van der Waals surface area contributed by atoms with E-state index in [0.29, 0.717) is 16.1 Å². The van der Waals surface area contributed by atoms with Crippen molar-refractivity contribution in [2.45, 2.75) is 0 Å². The Kier molecular flexibility index (Phi) is 6.44. The fourth-order valence-corrected chi connectivity index (χ4v) is 3.52. The Balaban J connectivity index is 1.65. The van der Waals surface area contributed by atoms with Crippen molar-refractivity contribution in [3.05, 3.63) is 106 Å². The molecule has 0 aliphatic carbocycles. The predicted octanol–water partition coefficient (Wildman–Crippen LogP) is 5.52. The molecular weight excluding hydrogens is 449 g/mol. The summed E-state index contributed by atoms with van der Waals surface area (Å²) >= 11 is 12.0. The molecule has 1 N–H and O–H groups in total. The van der Waals surface area contributed by atoms with E-state index < -0.39 is 11.9 Å². The minimum atomic E-state index is -0.641. The first kappa shape index (κ1) is 21.5. The average Bonchev–Trinajstić information content (AvgIpc) is 2.80. The van der Waals surface area contributed by atoms with Gasteiger partial charge < -0.3 is 4.74 Å². The monoisotopic (exact) mass is 463 g/mol. The van der Waals surface area contributed by atoms with Crippen molar-refractivity contribution in [2.24, 2.45) is 5.10 Å². The minimum absolute atomic E-state index is 0.179. The number of carbonyl (C=O) groups is 2. The van der Waals surface area contributed by atoms with Crippen LogP contribution < -0.4 is 10.2 Å². The Hall–Kier alpha value is -3.74. The lowest BCUT2D eigenvalue weighted by Gasteiger charge is -2.11. The van der Waals surface area contributed by atoms with E-state index in [2.05, 4.69) is 15.5 Å². The number of hydrogen-bond donors (Lipinski definition) is 1. The van der Waals surface area contributed by atoms with Crippen LogP contribution in [0.5, 0.6) is 5.75 Å². The Morgan fingerprint density at radius 2 is 1.75 bits per heavy atom. The van der Waals surface area contributed by atoms with E-state index in [1.54, 1.807) is 24.3 Å². The van der Waals surface area contributed by atoms with Crippen LogP contribution in [0, 0.1) is 0 Å². The molecule has 0 radical (unpaired) electrons. The lowest BCUT2D eigenvalue weighted by molar-refractivity contribution is 0.0734. The number of halogens is 2. The number of amides is 1. The Labute approximate surface area is 193 Å². The second-order valence-electron chi connectivity index (χ2n) is 6.65. The van der Waals surface area contributed by atoms with Crippen molar-refractivity contribution in [3.8, 4) is 5.75 Å². The van der Waals surface area contributed by atoms with E-state index in [1.807, 2.05) is 30.3 Å². The molecule has 0 saturated carbocycles. The lowest BCUT2D eigenvalue weighted by Crippen LogP contribution is -2.17. The van der Waals surface area contributed by atoms with Crippen molar-refractivity contribution in [3.63, 3.8) is 0 Å². The van der Waals surface area contributed by atoms with Gasteiger partial charge in [-0.3, -0.25) is 9.78 Å². The van der Waals surface area contributed by atoms with E-state index >= 15 is 0 Å². The molecule has 6 nitrogen and oxygen atoms in total. The van der Waals surface area contributed by atoms with Gasteiger partial charge in [0.15, 0.2) is 0 Å². The maximum atomic E-state index is 12.7. The number of benzene rings is 3. The lowest BCUT2D eigenvalue weighted by atomic mass is 10.0. The molecule has 0 fully saturated rings. The van der Waals surface area contributed by atoms with Crippen LogP contribution in [0.4, 0.5) is 0 Å². The second kappa shape index (κ2) is 9.60. The predicted molar refractivity (Wildman–Crippen MR) is 125 cm³/mol. The zero-order valence-electron chi connectivity index (χ0n) is 16.5. The molecule has 1 aromatic heterocycles. The Morgan fingerprint density at radius 3 is 2.53 bits per heavy atom. The third kappa shape index (κ3) is 4.77. The van der Waals surface area contributed by atoms with Crippen LogP contribution in [0.25, 0.3) is 10.8 Å². The number of ether oxygens (including phenoxy) is 1. The van der Waals surface area contributed by atoms with Gasteiger partial charge in [-0.15, -0.1) is 0 Å². The summed E-state index contributed by atoms with van der Waals surface area (Å²) in [5.41, 5.74) is 3.59. The van der Waals surface area contributed by atoms with Crippen LogP contribution >= 0.6 is 23.2 Å². The summed E-state index contributed by atoms with van der Waals surface area (Å²) in [6, 6.07) is 18.7. The van der Waals surface area contributed by atoms with Gasteiger partial charge in [-0.2, -0.15) is 5.10 Å². The van der Waals surface area contributed by atoms with Crippen molar-refractivity contribution in [1.29, 1.82) is 0 Å². The summed E-state index contributed by atoms with van der Waals surface area (Å²) in [6.45, 7) is 0. The van der Waals surface area contributed by atoms with Crippen LogP contribution in [0.2, 0.25) is 10.0 Å². The summed E-state index contributed by atoms with van der Waals surface area (Å²) in [7, 11) is 0. The van der Waals surface area contributed by atoms with Gasteiger partial charge in [-0.25, -0.2) is 10.2 Å². The van der Waals surface area contributed by atoms with Gasteiger partial charge in [-0.1, -0.05) is 53.5 Å². The molecule has 0 bridgehead atoms. The molecule has 4 rings (SSSR count). The van der Waals surface area contributed by atoms with E-state index in [1.165, 1.54) is 30.7 Å². The van der Waals surface area contributed by atoms with Crippen molar-refractivity contribution in [2.75, 3.05) is 0 Å². The highest BCUT2D eigenvalue weighted by Gasteiger charge is 2.16. The molecule has 0 saturated heterocycles. The third-order valence-corrected chi connectivity index (χ3v) is 5.13. The fourth-order valence-electron chi connectivity index (χ4n) is 3.03. The zero-order chi connectivity index (χ0) is 22.5. The number of aromatic nitrogens is 1. The topological polar surface area (TPSA) is 80.6 Å². The first-order valence-electron chi connectivity index (χ1n) is 9.45. The number of carbonyl (C=O) groups excluding carboxylic acids is 2. The number of esters is 1. The quantitative estimate of drug-likeness (QED) is 0.182. The molecule has 1 heterocycles. The first-order valence-corrected chi connectivity index (χ1v) is 10.2. The SMILES string of the molecule is O=C(N/N=C/c1c(OC(=O)c2ccc(Cl)cc2Cl)ccc2ccccc12)c1ccncc1. The molecule has 32 heavy (non-hydrogen) atoms. The van der Waals surface area contributed by atoms with Crippen LogP contribution in [0.1, 0.15) is 26.3 Å². The molecular formula is C24H15Cl2N3O3. The zero-order valence-corrected chi connectivity index (χ0v) is 18.0. The van der Waals surface area contributed by atoms with Crippen LogP contribution in [0.15, 0.2) is 84.2 Å². The molecule has 158 valence electrons. The summed E-state index contributed by atoms with van der Waals surface area (Å²) in [6.07, 6.45) is 4.47. The summed E-state index contributed by atoms with van der Waals surface area (Å²) in [5.74, 6) is -0.769. The Bertz CT molecular complexity index is 1340. The van der Waals surface area contributed by atoms with Crippen molar-refractivity contribution in [1.82, 2.24) is 10.4 Å². The standard InChI is InChI=1S/C24H15Cl2N3O3/c25-17-6-7-19(21(26)13-17)24(31)32-22-8-5-15-3-1-2-4-18(15)20(22)14-28-29-23(30)16-9-11-27-12-10-16/h1-14H,(H,29,30)/b28-14+. The number of nitrogens with one attached hydrogen (secondary N) is 1. The Morgan fingerprint density at radius 1 is 0.969 bits per heavy atom. The largest absolute Gasteiger partial charge is 0.422 e. The number of nitrogens with zero attached hydrogens (tertiary/aromatic N) is 2. The highest BCUT2D eigenvalue weighted by atomic mass is 35.5. The summed E-state index contributed by atoms with van der Waals surface area (Å²) in [4.78, 5) is 28.9. The minimum Gasteiger partial charge on any atom is -0.422 e. The maximum absolute atomic E-state index is 12.7. The van der Waals surface area contributed by atoms with Crippen molar-refractivity contribution >= 4 is 52.1 Å². The van der Waals surface area contributed by atoms with Gasteiger partial charge in [0.2, 0.25) is 0 Å². The van der Waals surface area contributed by atoms with Crippen LogP contribution in [-0.4, -0.2) is 23.1 Å². The van der Waals surface area contributed by atoms with Gasteiger partial charge in [-0.05, 0) is 47.2 Å². The van der Waals surface area contributed by atoms with E-state index in [9.17, 15) is 9.59 Å². The maximum Gasteiger partial charge on any atom is 0.345 e. The molecule has 8 heteroatoms. The van der Waals surface area contributed by atoms with Crippen LogP contribution in [-0.2, 0) is 0 Å². The number of hydrazone groups is 1. The smallest absolute Gasteiger partial charge is 0.345 e. The van der Waals surface area contributed by atoms with E-state index in [0.717, 1.165) is 10.8 Å². The molecule has 1 amide bonds. The van der Waals surface area contributed by atoms with Gasteiger partial charge in [0.05, 0.1) is 16.8 Å². The molecule has 0 unspecified atom stereocenters. The second-order valence-corrected chi connectivity index (χ2v) is 7.49. The number of fused-ring (bicyclic) bond motifs is 1. The number of hydrogen-bond acceptors (Lipinski definition) is 5. The molecule has 3 aromatic carbocycles. The van der Waals surface area contributed by atoms with Crippen LogP contribution in [0.3, 0.4) is 0 Å². The average molecular weight is 464 g/mol. The molecule has 0 aliphatic rings. The number of pyridine rings is 1. The van der Waals surface area contributed by atoms with Gasteiger partial charge >= 0.3 is 5.97 Å². The summed E-state index contributed by atoms with van der Waals surface area (Å²) in [5, 5.41) is 6.36. The fraction of sp³-hybridized carbons (Fsp3) is 0. The van der Waals surface area contributed by atoms with Gasteiger partial charge in [0.25, 0.3) is 5.91 Å². The van der Waals surface area contributed by atoms with E-state index in [-0.39, 0.29) is 16.3 Å². The normalized spacial score (nSPS) is 10.9. The molecule has 0 aliphatic heterocycles. The number of rotatable bonds is 5. The molecule has 0 spiro atoms. The first-order chi connectivity index (χ1) is 15.5. The molecule has 4 aromatic rings. The third-order valence-electron chi connectivity index (χ3n) is 4.59. The highest BCUT2D eigenvalue weighted by Crippen LogP contribution is 2.29. The summed E-state index contributed by atoms with van der Waals surface area (Å²) < 4.78 is 5.62. The van der Waals surface area contributed by atoms with Gasteiger partial charge in [0, 0.05) is 28.5 Å². The van der Waals surface area contributed by atoms with Crippen molar-refractivity contribution < 1.29 is 14.3 Å². The van der Waals surface area contributed by atoms with E-state index in [4.69, 9.17) is 27.9 Å². The molecule has 0 atom stereocenters. The highest BCUT2D eigenvalue weighted by molar-refractivity contribution is 6.36.